The van der Waals surface area contributed by atoms with Crippen LogP contribution < -0.4 is 21.9 Å². The predicted molar refractivity (Wildman–Crippen MR) is 118 cm³/mol. The number of pyridine rings is 1. The fraction of sp³-hybridized carbons (Fsp3) is 0.429. The Morgan fingerprint density at radius 1 is 1.35 bits per heavy atom. The molecule has 4 rings (SSSR count). The zero-order valence-corrected chi connectivity index (χ0v) is 17.9. The van der Waals surface area contributed by atoms with Crippen molar-refractivity contribution in [3.63, 3.8) is 0 Å². The number of carbonyl (C=O) groups excluding carboxylic acids is 1. The summed E-state index contributed by atoms with van der Waals surface area (Å²) in [6, 6.07) is 5.40. The minimum atomic E-state index is -0.621. The molecule has 0 aliphatic heterocycles. The highest BCUT2D eigenvalue weighted by Gasteiger charge is 2.32. The maximum Gasteiger partial charge on any atom is 0.274 e. The summed E-state index contributed by atoms with van der Waals surface area (Å²) in [5.74, 6) is 0.386. The first-order valence-electron chi connectivity index (χ1n) is 10.2. The van der Waals surface area contributed by atoms with Crippen LogP contribution in [0.25, 0.3) is 5.65 Å². The Morgan fingerprint density at radius 2 is 2.10 bits per heavy atom. The van der Waals surface area contributed by atoms with Gasteiger partial charge in [0, 0.05) is 32.5 Å². The second-order valence-electron chi connectivity index (χ2n) is 8.08. The number of carbonyl (C=O) groups is 1. The summed E-state index contributed by atoms with van der Waals surface area (Å²) in [6.45, 7) is 2.11. The van der Waals surface area contributed by atoms with Crippen LogP contribution in [0.2, 0.25) is 0 Å². The molecule has 0 saturated heterocycles. The number of primary amides is 1. The molecule has 4 N–H and O–H groups in total. The lowest BCUT2D eigenvalue weighted by atomic mass is 9.83. The molecular formula is C21H27N7O3. The van der Waals surface area contributed by atoms with Crippen molar-refractivity contribution >= 4 is 28.9 Å². The van der Waals surface area contributed by atoms with E-state index in [-0.39, 0.29) is 22.8 Å². The molecule has 1 aliphatic rings. The smallest absolute Gasteiger partial charge is 0.274 e. The maximum atomic E-state index is 13.2. The molecule has 0 bridgehead atoms. The molecule has 3 aromatic heterocycles. The average Bonchev–Trinajstić information content (AvgIpc) is 3.20. The summed E-state index contributed by atoms with van der Waals surface area (Å²) in [4.78, 5) is 29.4. The van der Waals surface area contributed by atoms with Crippen LogP contribution in [0.1, 0.15) is 49.0 Å². The minimum absolute atomic E-state index is 0.121. The lowest BCUT2D eigenvalue weighted by Crippen LogP contribution is -2.36. The van der Waals surface area contributed by atoms with Gasteiger partial charge in [-0.2, -0.15) is 9.61 Å². The molecular weight excluding hydrogens is 398 g/mol. The monoisotopic (exact) mass is 425 g/mol. The number of hydrogen-bond donors (Lipinski definition) is 3. The summed E-state index contributed by atoms with van der Waals surface area (Å²) in [6.07, 6.45) is 6.75. The Hall–Kier alpha value is -3.40. The molecule has 0 spiro atoms. The second-order valence-corrected chi connectivity index (χ2v) is 8.08. The van der Waals surface area contributed by atoms with Gasteiger partial charge in [0.2, 0.25) is 0 Å². The summed E-state index contributed by atoms with van der Waals surface area (Å²) in [7, 11) is 3.47. The third kappa shape index (κ3) is 3.86. The third-order valence-corrected chi connectivity index (χ3v) is 6.13. The quantitative estimate of drug-likeness (QED) is 0.553. The fourth-order valence-electron chi connectivity index (χ4n) is 4.11. The molecule has 0 atom stereocenters. The van der Waals surface area contributed by atoms with Gasteiger partial charge in [-0.3, -0.25) is 9.59 Å². The first-order chi connectivity index (χ1) is 14.8. The molecule has 3 heterocycles. The van der Waals surface area contributed by atoms with E-state index < -0.39 is 5.91 Å². The van der Waals surface area contributed by atoms with Gasteiger partial charge in [-0.15, -0.1) is 0 Å². The Labute approximate surface area is 179 Å². The predicted octanol–water partition coefficient (Wildman–Crippen LogP) is 2.30. The molecule has 10 heteroatoms. The van der Waals surface area contributed by atoms with Gasteiger partial charge in [0.15, 0.2) is 5.65 Å². The van der Waals surface area contributed by atoms with Crippen molar-refractivity contribution in [3.8, 4) is 0 Å². The van der Waals surface area contributed by atoms with Crippen molar-refractivity contribution in [2.24, 2.45) is 5.73 Å². The van der Waals surface area contributed by atoms with Gasteiger partial charge < -0.3 is 25.7 Å². The highest BCUT2D eigenvalue weighted by Crippen LogP contribution is 2.36. The number of rotatable bonds is 6. The van der Waals surface area contributed by atoms with E-state index in [9.17, 15) is 9.59 Å². The van der Waals surface area contributed by atoms with Crippen molar-refractivity contribution in [2.45, 2.75) is 44.2 Å². The lowest BCUT2D eigenvalue weighted by Gasteiger charge is -2.36. The number of aromatic nitrogens is 4. The molecule has 1 amide bonds. The molecule has 31 heavy (non-hydrogen) atoms. The molecule has 0 aromatic carbocycles. The zero-order chi connectivity index (χ0) is 22.2. The molecule has 0 unspecified atom stereocenters. The van der Waals surface area contributed by atoms with Gasteiger partial charge in [-0.1, -0.05) is 0 Å². The van der Waals surface area contributed by atoms with Gasteiger partial charge >= 0.3 is 0 Å². The number of nitrogens with zero attached hydrogens (tertiary/aromatic N) is 4. The highest BCUT2D eigenvalue weighted by molar-refractivity contribution is 5.98. The largest absolute Gasteiger partial charge is 0.379 e. The molecule has 0 radical (unpaired) electrons. The van der Waals surface area contributed by atoms with E-state index in [1.807, 2.05) is 12.3 Å². The van der Waals surface area contributed by atoms with Gasteiger partial charge in [-0.25, -0.2) is 4.98 Å². The summed E-state index contributed by atoms with van der Waals surface area (Å²) in [5, 5.41) is 10.3. The van der Waals surface area contributed by atoms with Crippen molar-refractivity contribution in [1.29, 1.82) is 0 Å². The normalized spacial score (nSPS) is 21.2. The molecule has 10 nitrogen and oxygen atoms in total. The second kappa shape index (κ2) is 8.03. The topological polar surface area (TPSA) is 129 Å². The molecule has 164 valence electrons. The highest BCUT2D eigenvalue weighted by atomic mass is 16.5. The fourth-order valence-corrected chi connectivity index (χ4v) is 4.11. The number of amides is 1. The molecule has 1 saturated carbocycles. The minimum Gasteiger partial charge on any atom is -0.379 e. The number of hydrogen-bond acceptors (Lipinski definition) is 7. The van der Waals surface area contributed by atoms with Crippen LogP contribution in [0, 0.1) is 0 Å². The van der Waals surface area contributed by atoms with E-state index in [0.717, 1.165) is 25.7 Å². The number of nitrogens with two attached hydrogens (primary N) is 1. The van der Waals surface area contributed by atoms with Crippen LogP contribution in [0.5, 0.6) is 0 Å². The van der Waals surface area contributed by atoms with Crippen molar-refractivity contribution in [3.05, 3.63) is 46.5 Å². The number of anilines is 3. The SMILES string of the molecule is CNc1cc(Nc2cccn(C3CCC(C)(OC)CC3)c2=O)nc2c(C(N)=O)cnn12. The van der Waals surface area contributed by atoms with E-state index in [4.69, 9.17) is 10.5 Å². The van der Waals surface area contributed by atoms with Gasteiger partial charge in [-0.05, 0) is 44.7 Å². The molecule has 1 aliphatic carbocycles. The van der Waals surface area contributed by atoms with Crippen LogP contribution in [-0.4, -0.2) is 44.8 Å². The number of fused-ring (bicyclic) bond motifs is 1. The standard InChI is InChI=1S/C21H27N7O3/c1-21(31-3)8-6-13(7-9-21)27-10-4-5-15(20(27)30)25-16-11-17(23-2)28-19(26-16)14(12-24-28)18(22)29/h4-5,10-13,23H,6-9H2,1-3H3,(H2,22,29)(H,25,26). The Kier molecular flexibility index (Phi) is 5.40. The first kappa shape index (κ1) is 20.9. The number of methoxy groups -OCH3 is 1. The summed E-state index contributed by atoms with van der Waals surface area (Å²) in [5.41, 5.74) is 6.11. The molecule has 3 aromatic rings. The Balaban J connectivity index is 1.65. The van der Waals surface area contributed by atoms with Crippen LogP contribution in [0.15, 0.2) is 35.4 Å². The summed E-state index contributed by atoms with van der Waals surface area (Å²) < 4.78 is 8.89. The Bertz CT molecular complexity index is 1180. The van der Waals surface area contributed by atoms with Crippen molar-refractivity contribution < 1.29 is 9.53 Å². The van der Waals surface area contributed by atoms with Crippen LogP contribution in [0.3, 0.4) is 0 Å². The van der Waals surface area contributed by atoms with Crippen molar-refractivity contribution in [1.82, 2.24) is 19.2 Å². The van der Waals surface area contributed by atoms with Crippen molar-refractivity contribution in [2.75, 3.05) is 24.8 Å². The van der Waals surface area contributed by atoms with Gasteiger partial charge in [0.1, 0.15) is 22.9 Å². The maximum absolute atomic E-state index is 13.2. The average molecular weight is 425 g/mol. The number of nitrogens with one attached hydrogen (secondary N) is 2. The van der Waals surface area contributed by atoms with Gasteiger partial charge in [0.05, 0.1) is 11.8 Å². The van der Waals surface area contributed by atoms with E-state index in [1.165, 1.54) is 10.7 Å². The molecule has 1 fully saturated rings. The number of ether oxygens (including phenoxy) is 1. The van der Waals surface area contributed by atoms with E-state index >= 15 is 0 Å². The Morgan fingerprint density at radius 3 is 2.74 bits per heavy atom. The van der Waals surface area contributed by atoms with Crippen LogP contribution in [-0.2, 0) is 4.74 Å². The van der Waals surface area contributed by atoms with Gasteiger partial charge in [0.25, 0.3) is 11.5 Å². The summed E-state index contributed by atoms with van der Waals surface area (Å²) >= 11 is 0. The lowest BCUT2D eigenvalue weighted by molar-refractivity contribution is -0.0324. The zero-order valence-electron chi connectivity index (χ0n) is 17.9. The van der Waals surface area contributed by atoms with E-state index in [0.29, 0.717) is 23.0 Å². The van der Waals surface area contributed by atoms with Crippen LogP contribution >= 0.6 is 0 Å². The van der Waals surface area contributed by atoms with E-state index in [2.05, 4.69) is 27.6 Å². The first-order valence-corrected chi connectivity index (χ1v) is 10.2. The van der Waals surface area contributed by atoms with Crippen LogP contribution in [0.4, 0.5) is 17.3 Å². The third-order valence-electron chi connectivity index (χ3n) is 6.13. The van der Waals surface area contributed by atoms with E-state index in [1.54, 1.807) is 30.9 Å².